The van der Waals surface area contributed by atoms with Crippen molar-refractivity contribution in [3.8, 4) is 0 Å². The van der Waals surface area contributed by atoms with Crippen molar-refractivity contribution in [2.75, 3.05) is 6.61 Å². The minimum atomic E-state index is -1.21. The number of rotatable bonds is 6. The van der Waals surface area contributed by atoms with E-state index in [-0.39, 0.29) is 18.7 Å². The Labute approximate surface area is 125 Å². The molecular formula is C13H14ClN3O4. The van der Waals surface area contributed by atoms with E-state index in [0.717, 1.165) is 5.56 Å². The first kappa shape index (κ1) is 15.4. The van der Waals surface area contributed by atoms with Crippen LogP contribution in [0.25, 0.3) is 0 Å². The fourth-order valence-corrected chi connectivity index (χ4v) is 2.10. The van der Waals surface area contributed by atoms with Crippen LogP contribution in [-0.4, -0.2) is 49.0 Å². The summed E-state index contributed by atoms with van der Waals surface area (Å²) in [4.78, 5) is 11.2. The zero-order chi connectivity index (χ0) is 15.4. The van der Waals surface area contributed by atoms with Gasteiger partial charge in [0.05, 0.1) is 24.9 Å². The number of carbonyl (C=O) groups is 1. The van der Waals surface area contributed by atoms with Gasteiger partial charge in [0.15, 0.2) is 5.69 Å². The Hall–Kier alpha value is -1.96. The molecule has 0 aliphatic rings. The molecule has 0 amide bonds. The molecule has 3 N–H and O–H groups in total. The Morgan fingerprint density at radius 3 is 2.71 bits per heavy atom. The summed E-state index contributed by atoms with van der Waals surface area (Å²) in [6, 6.07) is 7.04. The van der Waals surface area contributed by atoms with Crippen molar-refractivity contribution in [1.82, 2.24) is 15.0 Å². The molecule has 8 heteroatoms. The first-order valence-electron chi connectivity index (χ1n) is 6.21. The van der Waals surface area contributed by atoms with Crippen LogP contribution in [0.4, 0.5) is 0 Å². The number of benzene rings is 1. The highest BCUT2D eigenvalue weighted by Gasteiger charge is 2.21. The summed E-state index contributed by atoms with van der Waals surface area (Å²) < 4.78 is 1.27. The summed E-state index contributed by atoms with van der Waals surface area (Å²) in [5.41, 5.74) is 0.854. The van der Waals surface area contributed by atoms with Crippen molar-refractivity contribution in [3.05, 3.63) is 46.2 Å². The molecule has 2 aromatic rings. The monoisotopic (exact) mass is 311 g/mol. The molecule has 0 radical (unpaired) electrons. The smallest absolute Gasteiger partial charge is 0.358 e. The second kappa shape index (κ2) is 6.66. The lowest BCUT2D eigenvalue weighted by molar-refractivity contribution is 0.0687. The zero-order valence-electron chi connectivity index (χ0n) is 11.0. The van der Waals surface area contributed by atoms with E-state index in [2.05, 4.69) is 10.3 Å². The first-order chi connectivity index (χ1) is 10.0. The number of aliphatic hydroxyl groups is 2. The van der Waals surface area contributed by atoms with Crippen LogP contribution < -0.4 is 0 Å². The first-order valence-corrected chi connectivity index (χ1v) is 6.58. The highest BCUT2D eigenvalue weighted by Crippen LogP contribution is 2.20. The Balaban J connectivity index is 2.37. The fourth-order valence-electron chi connectivity index (χ4n) is 1.90. The summed E-state index contributed by atoms with van der Waals surface area (Å²) in [7, 11) is 0. The van der Waals surface area contributed by atoms with Crippen LogP contribution in [0.15, 0.2) is 24.3 Å². The molecule has 0 saturated carbocycles. The molecule has 1 aromatic carbocycles. The molecule has 1 atom stereocenters. The van der Waals surface area contributed by atoms with Crippen molar-refractivity contribution in [3.63, 3.8) is 0 Å². The van der Waals surface area contributed by atoms with Crippen molar-refractivity contribution < 1.29 is 20.1 Å². The number of halogens is 1. The summed E-state index contributed by atoms with van der Waals surface area (Å²) in [5, 5.41) is 35.4. The van der Waals surface area contributed by atoms with Gasteiger partial charge in [0.25, 0.3) is 0 Å². The van der Waals surface area contributed by atoms with Gasteiger partial charge in [0, 0.05) is 11.4 Å². The van der Waals surface area contributed by atoms with E-state index in [4.69, 9.17) is 21.8 Å². The van der Waals surface area contributed by atoms with E-state index in [1.807, 2.05) is 0 Å². The van der Waals surface area contributed by atoms with Gasteiger partial charge in [0.1, 0.15) is 0 Å². The molecule has 0 aliphatic heterocycles. The maximum absolute atomic E-state index is 11.2. The molecule has 0 fully saturated rings. The molecule has 0 spiro atoms. The summed E-state index contributed by atoms with van der Waals surface area (Å²) >= 11 is 6.07. The highest BCUT2D eigenvalue weighted by molar-refractivity contribution is 6.31. The molecule has 7 nitrogen and oxygen atoms in total. The molecule has 0 saturated heterocycles. The Morgan fingerprint density at radius 2 is 2.10 bits per heavy atom. The predicted molar refractivity (Wildman–Crippen MR) is 74.3 cm³/mol. The molecule has 0 aliphatic carbocycles. The van der Waals surface area contributed by atoms with E-state index in [1.165, 1.54) is 4.68 Å². The Kier molecular flexibility index (Phi) is 4.89. The number of carboxylic acid groups (broad SMARTS) is 1. The van der Waals surface area contributed by atoms with Crippen LogP contribution >= 0.6 is 11.6 Å². The van der Waals surface area contributed by atoms with Gasteiger partial charge < -0.3 is 15.3 Å². The number of aromatic carboxylic acids is 1. The van der Waals surface area contributed by atoms with Crippen LogP contribution in [-0.2, 0) is 13.0 Å². The minimum absolute atomic E-state index is 0.0451. The standard InChI is InChI=1S/C13H14ClN3O4/c14-10-4-2-1-3-8(10)5-11-12(13(20)21)15-16-17(11)6-9(19)7-18/h1-4,9,18-19H,5-7H2,(H,20,21). The average Bonchev–Trinajstić information content (AvgIpc) is 2.84. The highest BCUT2D eigenvalue weighted by atomic mass is 35.5. The van der Waals surface area contributed by atoms with E-state index in [9.17, 15) is 9.90 Å². The third-order valence-corrected chi connectivity index (χ3v) is 3.32. The lowest BCUT2D eigenvalue weighted by Crippen LogP contribution is -2.22. The third kappa shape index (κ3) is 3.57. The molecule has 1 unspecified atom stereocenters. The minimum Gasteiger partial charge on any atom is -0.476 e. The van der Waals surface area contributed by atoms with E-state index in [0.29, 0.717) is 10.7 Å². The lowest BCUT2D eigenvalue weighted by atomic mass is 10.1. The van der Waals surface area contributed by atoms with Gasteiger partial charge in [-0.25, -0.2) is 9.48 Å². The van der Waals surface area contributed by atoms with Gasteiger partial charge in [-0.1, -0.05) is 35.0 Å². The normalized spacial score (nSPS) is 12.3. The summed E-state index contributed by atoms with van der Waals surface area (Å²) in [6.07, 6.45) is -0.828. The van der Waals surface area contributed by atoms with Crippen LogP contribution in [0.3, 0.4) is 0 Å². The van der Waals surface area contributed by atoms with E-state index < -0.39 is 18.7 Å². The number of nitrogens with zero attached hydrogens (tertiary/aromatic N) is 3. The van der Waals surface area contributed by atoms with Gasteiger partial charge in [-0.05, 0) is 11.6 Å². The fraction of sp³-hybridized carbons (Fsp3) is 0.308. The number of aromatic nitrogens is 3. The molecule has 1 heterocycles. The van der Waals surface area contributed by atoms with Crippen molar-refractivity contribution in [2.45, 2.75) is 19.1 Å². The topological polar surface area (TPSA) is 108 Å². The van der Waals surface area contributed by atoms with Gasteiger partial charge in [-0.2, -0.15) is 0 Å². The molecule has 21 heavy (non-hydrogen) atoms. The second-order valence-electron chi connectivity index (χ2n) is 4.48. The Morgan fingerprint density at radius 1 is 1.38 bits per heavy atom. The van der Waals surface area contributed by atoms with Crippen LogP contribution in [0, 0.1) is 0 Å². The SMILES string of the molecule is O=C(O)c1nnn(CC(O)CO)c1Cc1ccccc1Cl. The third-order valence-electron chi connectivity index (χ3n) is 2.95. The number of hydrogen-bond acceptors (Lipinski definition) is 5. The molecule has 2 rings (SSSR count). The predicted octanol–water partition coefficient (Wildman–Crippen LogP) is 0.574. The Bertz CT molecular complexity index is 644. The quantitative estimate of drug-likeness (QED) is 0.720. The van der Waals surface area contributed by atoms with Gasteiger partial charge in [0.2, 0.25) is 0 Å². The molecule has 1 aromatic heterocycles. The van der Waals surface area contributed by atoms with Crippen molar-refractivity contribution >= 4 is 17.6 Å². The molecule has 0 bridgehead atoms. The summed E-state index contributed by atoms with van der Waals surface area (Å²) in [5.74, 6) is -1.21. The lowest BCUT2D eigenvalue weighted by Gasteiger charge is -2.11. The number of carboxylic acids is 1. The van der Waals surface area contributed by atoms with Crippen LogP contribution in [0.5, 0.6) is 0 Å². The number of hydrogen-bond donors (Lipinski definition) is 3. The van der Waals surface area contributed by atoms with Crippen LogP contribution in [0.2, 0.25) is 5.02 Å². The van der Waals surface area contributed by atoms with Gasteiger partial charge >= 0.3 is 5.97 Å². The maximum atomic E-state index is 11.2. The van der Waals surface area contributed by atoms with Crippen LogP contribution in [0.1, 0.15) is 21.7 Å². The maximum Gasteiger partial charge on any atom is 0.358 e. The largest absolute Gasteiger partial charge is 0.476 e. The molecular weight excluding hydrogens is 298 g/mol. The number of aliphatic hydroxyl groups excluding tert-OH is 2. The second-order valence-corrected chi connectivity index (χ2v) is 4.88. The average molecular weight is 312 g/mol. The van der Waals surface area contributed by atoms with Gasteiger partial charge in [-0.3, -0.25) is 0 Å². The molecule has 112 valence electrons. The van der Waals surface area contributed by atoms with E-state index in [1.54, 1.807) is 24.3 Å². The zero-order valence-corrected chi connectivity index (χ0v) is 11.7. The van der Waals surface area contributed by atoms with Gasteiger partial charge in [-0.15, -0.1) is 5.10 Å². The van der Waals surface area contributed by atoms with Crippen molar-refractivity contribution in [2.24, 2.45) is 0 Å². The summed E-state index contributed by atoms with van der Waals surface area (Å²) in [6.45, 7) is -0.496. The van der Waals surface area contributed by atoms with E-state index >= 15 is 0 Å². The van der Waals surface area contributed by atoms with Crippen molar-refractivity contribution in [1.29, 1.82) is 0 Å².